The average molecular weight is 331 g/mol. The number of piperazine rings is 1. The molecule has 0 bridgehead atoms. The maximum absolute atomic E-state index is 6.29. The highest BCUT2D eigenvalue weighted by atomic mass is 16.7. The highest BCUT2D eigenvalue weighted by Gasteiger charge is 2.52. The quantitative estimate of drug-likeness (QED) is 0.645. The van der Waals surface area contributed by atoms with Crippen molar-refractivity contribution >= 4 is 18.3 Å². The van der Waals surface area contributed by atoms with Crippen molar-refractivity contribution in [2.75, 3.05) is 31.9 Å². The predicted molar refractivity (Wildman–Crippen MR) is 99.5 cm³/mol. The predicted octanol–water partition coefficient (Wildman–Crippen LogP) is 1.28. The number of anilines is 1. The summed E-state index contributed by atoms with van der Waals surface area (Å²) >= 11 is 0. The van der Waals surface area contributed by atoms with E-state index in [1.807, 2.05) is 6.92 Å². The van der Waals surface area contributed by atoms with E-state index in [1.54, 1.807) is 0 Å². The zero-order valence-electron chi connectivity index (χ0n) is 15.6. The number of benzene rings is 1. The van der Waals surface area contributed by atoms with E-state index in [2.05, 4.69) is 50.0 Å². The third-order valence-corrected chi connectivity index (χ3v) is 5.67. The molecule has 0 atom stereocenters. The molecule has 0 amide bonds. The van der Waals surface area contributed by atoms with Gasteiger partial charge in [-0.2, -0.15) is 0 Å². The molecule has 24 heavy (non-hydrogen) atoms. The van der Waals surface area contributed by atoms with Gasteiger partial charge in [-0.25, -0.2) is 0 Å². The topological polar surface area (TPSA) is 59.8 Å². The molecule has 2 aliphatic rings. The van der Waals surface area contributed by atoms with E-state index in [4.69, 9.17) is 15.0 Å². The van der Waals surface area contributed by atoms with Crippen molar-refractivity contribution in [3.8, 4) is 0 Å². The fourth-order valence-corrected chi connectivity index (χ4v) is 3.26. The van der Waals surface area contributed by atoms with Crippen LogP contribution in [0.5, 0.6) is 0 Å². The maximum atomic E-state index is 6.29. The molecule has 2 aliphatic heterocycles. The van der Waals surface area contributed by atoms with E-state index in [-0.39, 0.29) is 18.3 Å². The Balaban J connectivity index is 1.85. The fourth-order valence-electron chi connectivity index (χ4n) is 3.26. The molecule has 0 aromatic heterocycles. The number of rotatable bonds is 3. The minimum Gasteiger partial charge on any atom is -0.399 e. The van der Waals surface area contributed by atoms with Crippen LogP contribution in [0.1, 0.15) is 38.8 Å². The molecule has 3 N–H and O–H groups in total. The number of hydrogen-bond acceptors (Lipinski definition) is 5. The van der Waals surface area contributed by atoms with E-state index >= 15 is 0 Å². The van der Waals surface area contributed by atoms with E-state index in [1.165, 1.54) is 5.56 Å². The first-order chi connectivity index (χ1) is 11.2. The molecule has 3 rings (SSSR count). The molecule has 132 valence electrons. The van der Waals surface area contributed by atoms with Crippen LogP contribution in [0.2, 0.25) is 0 Å². The smallest absolute Gasteiger partial charge is 0.399 e. The Bertz CT molecular complexity index is 597. The molecule has 2 saturated heterocycles. The van der Waals surface area contributed by atoms with Crippen LogP contribution in [0.4, 0.5) is 5.69 Å². The maximum Gasteiger partial charge on any atom is 0.495 e. The summed E-state index contributed by atoms with van der Waals surface area (Å²) in [6, 6.07) is 4.29. The molecule has 5 nitrogen and oxygen atoms in total. The Morgan fingerprint density at radius 3 is 2.29 bits per heavy atom. The second-order valence-electron chi connectivity index (χ2n) is 8.01. The van der Waals surface area contributed by atoms with Crippen molar-refractivity contribution in [1.82, 2.24) is 10.2 Å². The van der Waals surface area contributed by atoms with Crippen LogP contribution in [-0.2, 0) is 15.9 Å². The lowest BCUT2D eigenvalue weighted by Crippen LogP contribution is -2.43. The first-order valence-corrected chi connectivity index (χ1v) is 8.87. The molecule has 0 spiro atoms. The SMILES string of the molecule is Cc1c(N)cc(CN2CCNCC2)cc1B1OC(C)(C)C(C)(C)O1. The summed E-state index contributed by atoms with van der Waals surface area (Å²) in [4.78, 5) is 2.45. The van der Waals surface area contributed by atoms with E-state index < -0.39 is 0 Å². The summed E-state index contributed by atoms with van der Waals surface area (Å²) < 4.78 is 12.5. The van der Waals surface area contributed by atoms with Crippen LogP contribution in [0.25, 0.3) is 0 Å². The number of nitrogens with one attached hydrogen (secondary N) is 1. The van der Waals surface area contributed by atoms with Crippen LogP contribution in [0, 0.1) is 6.92 Å². The lowest BCUT2D eigenvalue weighted by atomic mass is 9.75. The number of nitrogens with zero attached hydrogens (tertiary/aromatic N) is 1. The Morgan fingerprint density at radius 1 is 1.12 bits per heavy atom. The van der Waals surface area contributed by atoms with E-state index in [9.17, 15) is 0 Å². The molecule has 0 radical (unpaired) electrons. The van der Waals surface area contributed by atoms with Crippen LogP contribution in [-0.4, -0.2) is 49.4 Å². The first-order valence-electron chi connectivity index (χ1n) is 8.87. The minimum atomic E-state index is -0.361. The lowest BCUT2D eigenvalue weighted by molar-refractivity contribution is 0.00578. The third kappa shape index (κ3) is 3.33. The van der Waals surface area contributed by atoms with Crippen LogP contribution in [0.3, 0.4) is 0 Å². The minimum absolute atomic E-state index is 0.340. The first kappa shape index (κ1) is 17.7. The number of nitrogen functional groups attached to an aromatic ring is 1. The molecular formula is C18H30BN3O2. The van der Waals surface area contributed by atoms with Gasteiger partial charge in [-0.3, -0.25) is 4.90 Å². The summed E-state index contributed by atoms with van der Waals surface area (Å²) in [5.74, 6) is 0. The van der Waals surface area contributed by atoms with Crippen LogP contribution in [0.15, 0.2) is 12.1 Å². The molecule has 0 unspecified atom stereocenters. The third-order valence-electron chi connectivity index (χ3n) is 5.67. The zero-order chi connectivity index (χ0) is 17.5. The molecule has 1 aromatic rings. The fraction of sp³-hybridized carbons (Fsp3) is 0.667. The van der Waals surface area contributed by atoms with Gasteiger partial charge in [-0.1, -0.05) is 6.07 Å². The van der Waals surface area contributed by atoms with Gasteiger partial charge in [0.05, 0.1) is 11.2 Å². The van der Waals surface area contributed by atoms with Gasteiger partial charge in [-0.15, -0.1) is 0 Å². The van der Waals surface area contributed by atoms with Crippen LogP contribution >= 0.6 is 0 Å². The molecule has 0 saturated carbocycles. The van der Waals surface area contributed by atoms with Crippen molar-refractivity contribution in [3.63, 3.8) is 0 Å². The number of nitrogens with two attached hydrogens (primary N) is 1. The molecule has 2 heterocycles. The summed E-state index contributed by atoms with van der Waals surface area (Å²) in [7, 11) is -0.361. The number of hydrogen-bond donors (Lipinski definition) is 2. The summed E-state index contributed by atoms with van der Waals surface area (Å²) in [5, 5.41) is 3.39. The molecule has 0 aliphatic carbocycles. The standard InChI is InChI=1S/C18H30BN3O2/c1-13-15(19-23-17(2,3)18(4,5)24-19)10-14(11-16(13)20)12-22-8-6-21-7-9-22/h10-11,21H,6-9,12,20H2,1-5H3. The summed E-state index contributed by atoms with van der Waals surface area (Å²) in [6.45, 7) is 15.5. The van der Waals surface area contributed by atoms with Gasteiger partial charge >= 0.3 is 7.12 Å². The average Bonchev–Trinajstić information content (AvgIpc) is 2.72. The monoisotopic (exact) mass is 331 g/mol. The Hall–Kier alpha value is -1.08. The van der Waals surface area contributed by atoms with E-state index in [0.29, 0.717) is 0 Å². The van der Waals surface area contributed by atoms with Crippen molar-refractivity contribution < 1.29 is 9.31 Å². The van der Waals surface area contributed by atoms with Gasteiger partial charge in [0.1, 0.15) is 0 Å². The van der Waals surface area contributed by atoms with Crippen LogP contribution < -0.4 is 16.5 Å². The second kappa shape index (κ2) is 6.34. The normalized spacial score (nSPS) is 23.6. The second-order valence-corrected chi connectivity index (χ2v) is 8.01. The van der Waals surface area contributed by atoms with Gasteiger partial charge in [0, 0.05) is 38.4 Å². The van der Waals surface area contributed by atoms with Gasteiger partial charge in [0.25, 0.3) is 0 Å². The van der Waals surface area contributed by atoms with Crippen molar-refractivity contribution in [2.45, 2.75) is 52.4 Å². The highest BCUT2D eigenvalue weighted by molar-refractivity contribution is 6.62. The van der Waals surface area contributed by atoms with Crippen molar-refractivity contribution in [1.29, 1.82) is 0 Å². The molecule has 2 fully saturated rings. The largest absolute Gasteiger partial charge is 0.495 e. The molecular weight excluding hydrogens is 301 g/mol. The van der Waals surface area contributed by atoms with Crippen molar-refractivity contribution in [3.05, 3.63) is 23.3 Å². The Morgan fingerprint density at radius 2 is 1.71 bits per heavy atom. The van der Waals surface area contributed by atoms with Gasteiger partial charge in [0.2, 0.25) is 0 Å². The van der Waals surface area contributed by atoms with Gasteiger partial charge < -0.3 is 20.4 Å². The highest BCUT2D eigenvalue weighted by Crippen LogP contribution is 2.37. The molecule has 1 aromatic carbocycles. The lowest BCUT2D eigenvalue weighted by Gasteiger charge is -2.32. The Labute approximate surface area is 146 Å². The van der Waals surface area contributed by atoms with Gasteiger partial charge in [-0.05, 0) is 57.3 Å². The zero-order valence-corrected chi connectivity index (χ0v) is 15.6. The summed E-state index contributed by atoms with van der Waals surface area (Å²) in [5.41, 5.74) is 9.75. The van der Waals surface area contributed by atoms with Gasteiger partial charge in [0.15, 0.2) is 0 Å². The van der Waals surface area contributed by atoms with E-state index in [0.717, 1.165) is 49.4 Å². The summed E-state index contributed by atoms with van der Waals surface area (Å²) in [6.07, 6.45) is 0. The molecule has 6 heteroatoms. The van der Waals surface area contributed by atoms with Crippen molar-refractivity contribution in [2.24, 2.45) is 0 Å². The Kier molecular flexibility index (Phi) is 4.68.